The zero-order chi connectivity index (χ0) is 14.4. The molecule has 0 unspecified atom stereocenters. The molecule has 4 nitrogen and oxygen atoms in total. The molecule has 20 heavy (non-hydrogen) atoms. The molecule has 0 spiro atoms. The van der Waals surface area contributed by atoms with E-state index >= 15 is 0 Å². The van der Waals surface area contributed by atoms with Crippen molar-refractivity contribution in [2.24, 2.45) is 0 Å². The Kier molecular flexibility index (Phi) is 4.91. The van der Waals surface area contributed by atoms with Crippen LogP contribution in [0.25, 0.3) is 5.69 Å². The Labute approximate surface area is 120 Å². The van der Waals surface area contributed by atoms with E-state index in [1.54, 1.807) is 6.20 Å². The lowest BCUT2D eigenvalue weighted by molar-refractivity contribution is 0.726. The predicted molar refractivity (Wildman–Crippen MR) is 79.7 cm³/mol. The van der Waals surface area contributed by atoms with Crippen LogP contribution in [0.5, 0.6) is 0 Å². The smallest absolute Gasteiger partial charge is 0.113 e. The van der Waals surface area contributed by atoms with Gasteiger partial charge in [-0.25, -0.2) is 4.98 Å². The van der Waals surface area contributed by atoms with Gasteiger partial charge in [-0.1, -0.05) is 19.9 Å². The summed E-state index contributed by atoms with van der Waals surface area (Å²) in [5, 5.41) is 12.7. The number of aryl methyl sites for hydroxylation is 1. The summed E-state index contributed by atoms with van der Waals surface area (Å²) in [7, 11) is 0. The van der Waals surface area contributed by atoms with Crippen molar-refractivity contribution in [3.8, 4) is 11.8 Å². The molecule has 104 valence electrons. The van der Waals surface area contributed by atoms with Gasteiger partial charge in [-0.15, -0.1) is 0 Å². The molecule has 0 aliphatic rings. The SMILES string of the molecule is CCCc1nccn1-c1ccc(CNCC)cc1C#N. The molecule has 2 aromatic rings. The molecule has 2 rings (SSSR count). The summed E-state index contributed by atoms with van der Waals surface area (Å²) in [6, 6.07) is 8.32. The fourth-order valence-corrected chi connectivity index (χ4v) is 2.22. The fourth-order valence-electron chi connectivity index (χ4n) is 2.22. The molecule has 0 fully saturated rings. The number of nitriles is 1. The maximum atomic E-state index is 9.38. The molecular formula is C16H20N4. The summed E-state index contributed by atoms with van der Waals surface area (Å²) in [5.41, 5.74) is 2.73. The van der Waals surface area contributed by atoms with E-state index in [-0.39, 0.29) is 0 Å². The second-order valence-electron chi connectivity index (χ2n) is 4.71. The van der Waals surface area contributed by atoms with Gasteiger partial charge in [-0.05, 0) is 30.7 Å². The Bertz CT molecular complexity index is 607. The van der Waals surface area contributed by atoms with Crippen LogP contribution in [0, 0.1) is 11.3 Å². The first-order valence-corrected chi connectivity index (χ1v) is 7.06. The number of nitrogens with one attached hydrogen (secondary N) is 1. The topological polar surface area (TPSA) is 53.6 Å². The van der Waals surface area contributed by atoms with Crippen LogP contribution < -0.4 is 5.32 Å². The van der Waals surface area contributed by atoms with Gasteiger partial charge in [0, 0.05) is 25.4 Å². The second kappa shape index (κ2) is 6.88. The van der Waals surface area contributed by atoms with Crippen LogP contribution >= 0.6 is 0 Å². The van der Waals surface area contributed by atoms with Gasteiger partial charge in [0.15, 0.2) is 0 Å². The highest BCUT2D eigenvalue weighted by molar-refractivity contribution is 5.51. The molecule has 1 aromatic heterocycles. The molecule has 0 radical (unpaired) electrons. The van der Waals surface area contributed by atoms with Crippen molar-refractivity contribution in [2.45, 2.75) is 33.2 Å². The van der Waals surface area contributed by atoms with E-state index in [9.17, 15) is 5.26 Å². The molecular weight excluding hydrogens is 248 g/mol. The largest absolute Gasteiger partial charge is 0.313 e. The first kappa shape index (κ1) is 14.3. The van der Waals surface area contributed by atoms with Crippen LogP contribution in [0.15, 0.2) is 30.6 Å². The number of aromatic nitrogens is 2. The van der Waals surface area contributed by atoms with Gasteiger partial charge in [0.2, 0.25) is 0 Å². The number of nitrogens with zero attached hydrogens (tertiary/aromatic N) is 3. The van der Waals surface area contributed by atoms with E-state index in [2.05, 4.69) is 36.3 Å². The highest BCUT2D eigenvalue weighted by atomic mass is 15.1. The summed E-state index contributed by atoms with van der Waals surface area (Å²) in [6.45, 7) is 5.91. The van der Waals surface area contributed by atoms with E-state index in [0.717, 1.165) is 43.0 Å². The van der Waals surface area contributed by atoms with Gasteiger partial charge < -0.3 is 9.88 Å². The highest BCUT2D eigenvalue weighted by Crippen LogP contribution is 2.18. The third kappa shape index (κ3) is 3.06. The van der Waals surface area contributed by atoms with E-state index in [1.807, 2.05) is 22.9 Å². The normalized spacial score (nSPS) is 10.4. The quantitative estimate of drug-likeness (QED) is 0.876. The van der Waals surface area contributed by atoms with Crippen LogP contribution in [-0.2, 0) is 13.0 Å². The maximum absolute atomic E-state index is 9.38. The first-order chi connectivity index (χ1) is 9.80. The summed E-state index contributed by atoms with van der Waals surface area (Å²) >= 11 is 0. The van der Waals surface area contributed by atoms with Crippen molar-refractivity contribution in [3.05, 3.63) is 47.5 Å². The number of rotatable bonds is 6. The van der Waals surface area contributed by atoms with Crippen molar-refractivity contribution >= 4 is 0 Å². The summed E-state index contributed by atoms with van der Waals surface area (Å²) < 4.78 is 2.01. The molecule has 0 aliphatic heterocycles. The lowest BCUT2D eigenvalue weighted by atomic mass is 10.1. The molecule has 1 N–H and O–H groups in total. The lowest BCUT2D eigenvalue weighted by Gasteiger charge is -2.11. The minimum absolute atomic E-state index is 0.691. The van der Waals surface area contributed by atoms with Gasteiger partial charge in [0.05, 0.1) is 11.3 Å². The van der Waals surface area contributed by atoms with Crippen LogP contribution in [0.3, 0.4) is 0 Å². The molecule has 0 atom stereocenters. The molecule has 0 saturated heterocycles. The van der Waals surface area contributed by atoms with Crippen LogP contribution in [0.2, 0.25) is 0 Å². The lowest BCUT2D eigenvalue weighted by Crippen LogP contribution is -2.12. The van der Waals surface area contributed by atoms with Gasteiger partial charge in [0.1, 0.15) is 11.9 Å². The summed E-state index contributed by atoms with van der Waals surface area (Å²) in [4.78, 5) is 4.37. The molecule has 0 aliphatic carbocycles. The molecule has 4 heteroatoms. The highest BCUT2D eigenvalue weighted by Gasteiger charge is 2.09. The van der Waals surface area contributed by atoms with Crippen molar-refractivity contribution in [2.75, 3.05) is 6.54 Å². The van der Waals surface area contributed by atoms with E-state index < -0.39 is 0 Å². The zero-order valence-electron chi connectivity index (χ0n) is 12.1. The molecule has 0 saturated carbocycles. The van der Waals surface area contributed by atoms with Gasteiger partial charge in [-0.3, -0.25) is 0 Å². The Hall–Kier alpha value is -2.12. The van der Waals surface area contributed by atoms with E-state index in [4.69, 9.17) is 0 Å². The predicted octanol–water partition coefficient (Wildman–Crippen LogP) is 2.81. The molecule has 0 bridgehead atoms. The number of benzene rings is 1. The van der Waals surface area contributed by atoms with Gasteiger partial charge in [0.25, 0.3) is 0 Å². The van der Waals surface area contributed by atoms with Crippen molar-refractivity contribution < 1.29 is 0 Å². The van der Waals surface area contributed by atoms with Crippen LogP contribution in [0.1, 0.15) is 37.2 Å². The standard InChI is InChI=1S/C16H20N4/c1-3-5-16-19-8-9-20(16)15-7-6-13(12-18-4-2)10-14(15)11-17/h6-10,18H,3-5,12H2,1-2H3. The van der Waals surface area contributed by atoms with Gasteiger partial charge >= 0.3 is 0 Å². The van der Waals surface area contributed by atoms with Gasteiger partial charge in [-0.2, -0.15) is 5.26 Å². The molecule has 0 amide bonds. The Morgan fingerprint density at radius 2 is 2.20 bits per heavy atom. The number of imidazole rings is 1. The number of hydrogen-bond donors (Lipinski definition) is 1. The van der Waals surface area contributed by atoms with Crippen LogP contribution in [0.4, 0.5) is 0 Å². The Morgan fingerprint density at radius 1 is 1.35 bits per heavy atom. The zero-order valence-corrected chi connectivity index (χ0v) is 12.1. The summed E-state index contributed by atoms with van der Waals surface area (Å²) in [6.07, 6.45) is 5.66. The molecule has 1 heterocycles. The Morgan fingerprint density at radius 3 is 2.90 bits per heavy atom. The summed E-state index contributed by atoms with van der Waals surface area (Å²) in [5.74, 6) is 1.00. The van der Waals surface area contributed by atoms with Crippen molar-refractivity contribution in [1.82, 2.24) is 14.9 Å². The minimum Gasteiger partial charge on any atom is -0.313 e. The van der Waals surface area contributed by atoms with E-state index in [1.165, 1.54) is 0 Å². The second-order valence-corrected chi connectivity index (χ2v) is 4.71. The maximum Gasteiger partial charge on any atom is 0.113 e. The third-order valence-corrected chi connectivity index (χ3v) is 3.21. The van der Waals surface area contributed by atoms with E-state index in [0.29, 0.717) is 5.56 Å². The van der Waals surface area contributed by atoms with Crippen molar-refractivity contribution in [1.29, 1.82) is 5.26 Å². The Balaban J connectivity index is 2.36. The average molecular weight is 268 g/mol. The third-order valence-electron chi connectivity index (χ3n) is 3.21. The van der Waals surface area contributed by atoms with Crippen molar-refractivity contribution in [3.63, 3.8) is 0 Å². The average Bonchev–Trinajstić information content (AvgIpc) is 2.93. The first-order valence-electron chi connectivity index (χ1n) is 7.06. The van der Waals surface area contributed by atoms with Crippen LogP contribution in [-0.4, -0.2) is 16.1 Å². The molecule has 1 aromatic carbocycles. The monoisotopic (exact) mass is 268 g/mol. The number of hydrogen-bond acceptors (Lipinski definition) is 3. The minimum atomic E-state index is 0.691. The fraction of sp³-hybridized carbons (Fsp3) is 0.375.